The molecule has 0 amide bonds. The van der Waals surface area contributed by atoms with Crippen molar-refractivity contribution >= 4 is 66.4 Å². The second kappa shape index (κ2) is 13.3. The lowest BCUT2D eigenvalue weighted by Gasteiger charge is -2.37. The van der Waals surface area contributed by atoms with E-state index in [9.17, 15) is 0 Å². The van der Waals surface area contributed by atoms with E-state index in [4.69, 9.17) is 0 Å². The van der Waals surface area contributed by atoms with Gasteiger partial charge in [-0.2, -0.15) is 0 Å². The van der Waals surface area contributed by atoms with Crippen LogP contribution in [0.4, 0.5) is 34.1 Å². The number of benzene rings is 8. The summed E-state index contributed by atoms with van der Waals surface area (Å²) in [7, 11) is 0. The Labute approximate surface area is 333 Å². The van der Waals surface area contributed by atoms with E-state index in [0.717, 1.165) is 12.8 Å². The summed E-state index contributed by atoms with van der Waals surface area (Å²) in [5, 5.41) is 8.26. The molecule has 1 aliphatic rings. The van der Waals surface area contributed by atoms with Gasteiger partial charge in [-0.05, 0) is 163 Å². The lowest BCUT2D eigenvalue weighted by molar-refractivity contribution is 0.475. The third kappa shape index (κ3) is 5.60. The van der Waals surface area contributed by atoms with Gasteiger partial charge in [-0.3, -0.25) is 0 Å². The van der Waals surface area contributed by atoms with Crippen LogP contribution in [0, 0.1) is 41.5 Å². The molecule has 0 unspecified atom stereocenters. The monoisotopic (exact) mass is 730 g/mol. The Kier molecular flexibility index (Phi) is 8.54. The van der Waals surface area contributed by atoms with Gasteiger partial charge >= 0.3 is 0 Å². The second-order valence-corrected chi connectivity index (χ2v) is 17.7. The molecular formula is C54H54N2. The Morgan fingerprint density at radius 1 is 0.500 bits per heavy atom. The summed E-state index contributed by atoms with van der Waals surface area (Å²) in [6.07, 6.45) is 2.16. The minimum absolute atomic E-state index is 0.0197. The number of para-hydroxylation sites is 2. The van der Waals surface area contributed by atoms with E-state index in [-0.39, 0.29) is 5.41 Å². The topological polar surface area (TPSA) is 6.48 Å². The zero-order valence-corrected chi connectivity index (χ0v) is 34.9. The van der Waals surface area contributed by atoms with E-state index < -0.39 is 0 Å². The van der Waals surface area contributed by atoms with Gasteiger partial charge in [0.15, 0.2) is 0 Å². The van der Waals surface area contributed by atoms with Crippen LogP contribution < -0.4 is 9.80 Å². The molecule has 0 fully saturated rings. The molecule has 0 radical (unpaired) electrons. The highest BCUT2D eigenvalue weighted by Gasteiger charge is 2.34. The second-order valence-electron chi connectivity index (χ2n) is 17.7. The van der Waals surface area contributed by atoms with Gasteiger partial charge in [0, 0.05) is 27.5 Å². The lowest BCUT2D eigenvalue weighted by Crippen LogP contribution is -2.24. The highest BCUT2D eigenvalue weighted by Crippen LogP contribution is 2.55. The predicted octanol–water partition coefficient (Wildman–Crippen LogP) is 15.7. The normalized spacial score (nSPS) is 13.7. The molecule has 280 valence electrons. The molecule has 0 aliphatic heterocycles. The Hall–Kier alpha value is -5.60. The number of nitrogens with zero attached hydrogens (tertiary/aromatic N) is 2. The third-order valence-corrected chi connectivity index (χ3v) is 12.8. The minimum Gasteiger partial charge on any atom is -0.309 e. The maximum absolute atomic E-state index is 2.60. The van der Waals surface area contributed by atoms with Crippen LogP contribution in [0.5, 0.6) is 0 Å². The average molecular weight is 731 g/mol. The maximum atomic E-state index is 2.60. The van der Waals surface area contributed by atoms with Crippen molar-refractivity contribution in [2.75, 3.05) is 9.80 Å². The van der Waals surface area contributed by atoms with Gasteiger partial charge in [0.2, 0.25) is 0 Å². The first-order chi connectivity index (χ1) is 26.8. The number of rotatable bonds is 7. The SMILES string of the molecule is Cc1ccc(N(c2c(C)cccc2C)c2cc(C(C)C)c3ccc4c(N(c5ccc(C)cc5)c5c(C)cccc5C)cc5c6c(cc2c3c46)C(C)(C)CC5)cc1. The van der Waals surface area contributed by atoms with Gasteiger partial charge < -0.3 is 9.80 Å². The Bertz CT molecular complexity index is 2760. The molecule has 0 atom stereocenters. The molecule has 56 heavy (non-hydrogen) atoms. The van der Waals surface area contributed by atoms with Gasteiger partial charge in [-0.25, -0.2) is 0 Å². The molecule has 0 N–H and O–H groups in total. The molecule has 0 saturated heterocycles. The number of hydrogen-bond acceptors (Lipinski definition) is 2. The van der Waals surface area contributed by atoms with Crippen LogP contribution >= 0.6 is 0 Å². The fraction of sp³-hybridized carbons (Fsp3) is 0.259. The fourth-order valence-corrected chi connectivity index (χ4v) is 9.81. The molecule has 8 aromatic rings. The van der Waals surface area contributed by atoms with Crippen LogP contribution in [0.25, 0.3) is 32.3 Å². The molecule has 0 spiro atoms. The van der Waals surface area contributed by atoms with E-state index in [2.05, 4.69) is 194 Å². The summed E-state index contributed by atoms with van der Waals surface area (Å²) in [6.45, 7) is 23.1. The van der Waals surface area contributed by atoms with Crippen LogP contribution in [0.2, 0.25) is 0 Å². The van der Waals surface area contributed by atoms with E-state index in [1.165, 1.54) is 117 Å². The fourth-order valence-electron chi connectivity index (χ4n) is 9.81. The molecule has 2 nitrogen and oxygen atoms in total. The first-order valence-corrected chi connectivity index (χ1v) is 20.5. The largest absolute Gasteiger partial charge is 0.309 e. The smallest absolute Gasteiger partial charge is 0.0543 e. The van der Waals surface area contributed by atoms with E-state index >= 15 is 0 Å². The summed E-state index contributed by atoms with van der Waals surface area (Å²) in [6, 6.07) is 44.2. The van der Waals surface area contributed by atoms with Crippen LogP contribution in [-0.4, -0.2) is 0 Å². The van der Waals surface area contributed by atoms with Crippen LogP contribution in [0.15, 0.2) is 115 Å². The highest BCUT2D eigenvalue weighted by molar-refractivity contribution is 6.30. The Morgan fingerprint density at radius 3 is 1.48 bits per heavy atom. The average Bonchev–Trinajstić information content (AvgIpc) is 3.16. The summed E-state index contributed by atoms with van der Waals surface area (Å²) < 4.78 is 0. The van der Waals surface area contributed by atoms with Crippen LogP contribution in [-0.2, 0) is 11.8 Å². The molecule has 9 rings (SSSR count). The van der Waals surface area contributed by atoms with Crippen molar-refractivity contribution in [2.24, 2.45) is 0 Å². The predicted molar refractivity (Wildman–Crippen MR) is 243 cm³/mol. The van der Waals surface area contributed by atoms with E-state index in [1.54, 1.807) is 0 Å². The first-order valence-electron chi connectivity index (χ1n) is 20.5. The molecule has 0 bridgehead atoms. The van der Waals surface area contributed by atoms with Gasteiger partial charge in [-0.1, -0.05) is 112 Å². The summed E-state index contributed by atoms with van der Waals surface area (Å²) >= 11 is 0. The van der Waals surface area contributed by atoms with E-state index in [0.29, 0.717) is 5.92 Å². The number of anilines is 6. The number of hydrogen-bond donors (Lipinski definition) is 0. The van der Waals surface area contributed by atoms with Crippen molar-refractivity contribution in [1.29, 1.82) is 0 Å². The summed E-state index contributed by atoms with van der Waals surface area (Å²) in [4.78, 5) is 5.13. The quantitative estimate of drug-likeness (QED) is 0.151. The maximum Gasteiger partial charge on any atom is 0.0543 e. The standard InChI is InChI=1S/C54H54N2/c1-32(2)44-31-48(56(41-23-19-34(4)20-24-41)53-37(7)15-12-16-38(53)8)45-30-46-49-39(27-28-54(46,9)10)29-47(43-26-25-42(44)50(45)51(43)49)55(40-21-17-33(3)18-22-40)52-35(5)13-11-14-36(52)6/h11-26,29-32H,27-28H2,1-10H3. The minimum atomic E-state index is 0.0197. The lowest BCUT2D eigenvalue weighted by atomic mass is 9.70. The van der Waals surface area contributed by atoms with Gasteiger partial charge in [0.1, 0.15) is 0 Å². The Morgan fingerprint density at radius 2 is 0.982 bits per heavy atom. The molecule has 0 aromatic heterocycles. The zero-order valence-electron chi connectivity index (χ0n) is 34.9. The Balaban J connectivity index is 1.48. The summed E-state index contributed by atoms with van der Waals surface area (Å²) in [5.41, 5.74) is 19.4. The van der Waals surface area contributed by atoms with Crippen molar-refractivity contribution in [3.8, 4) is 0 Å². The molecule has 0 saturated carbocycles. The van der Waals surface area contributed by atoms with Gasteiger partial charge in [0.25, 0.3) is 0 Å². The van der Waals surface area contributed by atoms with Crippen molar-refractivity contribution in [2.45, 2.75) is 93.4 Å². The zero-order chi connectivity index (χ0) is 39.2. The van der Waals surface area contributed by atoms with Gasteiger partial charge in [0.05, 0.1) is 22.7 Å². The number of aryl methyl sites for hydroxylation is 7. The molecular weight excluding hydrogens is 677 g/mol. The van der Waals surface area contributed by atoms with Crippen molar-refractivity contribution in [3.05, 3.63) is 165 Å². The van der Waals surface area contributed by atoms with Crippen LogP contribution in [0.3, 0.4) is 0 Å². The van der Waals surface area contributed by atoms with Crippen molar-refractivity contribution < 1.29 is 0 Å². The molecule has 1 aliphatic carbocycles. The first kappa shape index (κ1) is 36.1. The van der Waals surface area contributed by atoms with Gasteiger partial charge in [-0.15, -0.1) is 0 Å². The molecule has 2 heteroatoms. The van der Waals surface area contributed by atoms with E-state index in [1.807, 2.05) is 0 Å². The molecule has 8 aromatic carbocycles. The van der Waals surface area contributed by atoms with Crippen molar-refractivity contribution in [1.82, 2.24) is 0 Å². The third-order valence-electron chi connectivity index (χ3n) is 12.8. The summed E-state index contributed by atoms with van der Waals surface area (Å²) in [5.74, 6) is 0.331. The highest BCUT2D eigenvalue weighted by atomic mass is 15.2. The van der Waals surface area contributed by atoms with Crippen molar-refractivity contribution in [3.63, 3.8) is 0 Å². The molecule has 0 heterocycles. The van der Waals surface area contributed by atoms with Crippen LogP contribution in [0.1, 0.15) is 90.1 Å².